The van der Waals surface area contributed by atoms with Crippen molar-refractivity contribution in [3.05, 3.63) is 93.4 Å². The minimum Gasteiger partial charge on any atom is -0.315 e. The molecule has 130 valence electrons. The molecule has 0 spiro atoms. The van der Waals surface area contributed by atoms with E-state index in [1.54, 1.807) is 22.7 Å². The fourth-order valence-electron chi connectivity index (χ4n) is 2.95. The Hall–Kier alpha value is -2.43. The Morgan fingerprint density at radius 3 is 2.58 bits per heavy atom. The second kappa shape index (κ2) is 7.85. The average Bonchev–Trinajstić information content (AvgIpc) is 3.31. The molecule has 0 aliphatic heterocycles. The van der Waals surface area contributed by atoms with Crippen LogP contribution in [0.4, 0.5) is 5.69 Å². The molecule has 4 heteroatoms. The van der Waals surface area contributed by atoms with Gasteiger partial charge in [-0.15, -0.1) is 22.7 Å². The number of benzene rings is 2. The van der Waals surface area contributed by atoms with E-state index in [0.29, 0.717) is 0 Å². The zero-order chi connectivity index (χ0) is 17.8. The average molecular weight is 377 g/mol. The summed E-state index contributed by atoms with van der Waals surface area (Å²) < 4.78 is 2.35. The smallest absolute Gasteiger partial charge is 0.190 e. The second-order valence-electron chi connectivity index (χ2n) is 6.22. The van der Waals surface area contributed by atoms with Crippen LogP contribution in [0.15, 0.2) is 82.5 Å². The summed E-state index contributed by atoms with van der Waals surface area (Å²) in [6.07, 6.45) is 0.997. The Balaban J connectivity index is 1.74. The summed E-state index contributed by atoms with van der Waals surface area (Å²) >= 11 is 3.49. The van der Waals surface area contributed by atoms with Crippen molar-refractivity contribution < 1.29 is 0 Å². The van der Waals surface area contributed by atoms with E-state index in [-0.39, 0.29) is 0 Å². The number of nitrogens with zero attached hydrogens (tertiary/aromatic N) is 2. The first-order valence-electron chi connectivity index (χ1n) is 8.67. The van der Waals surface area contributed by atoms with Crippen LogP contribution in [-0.2, 0) is 13.0 Å². The first kappa shape index (κ1) is 17.0. The lowest BCUT2D eigenvalue weighted by atomic mass is 10.1. The van der Waals surface area contributed by atoms with E-state index < -0.39 is 0 Å². The lowest BCUT2D eigenvalue weighted by molar-refractivity contribution is 0.685. The Labute approximate surface area is 161 Å². The van der Waals surface area contributed by atoms with Crippen molar-refractivity contribution in [1.29, 1.82) is 0 Å². The van der Waals surface area contributed by atoms with Gasteiger partial charge in [0.2, 0.25) is 0 Å². The molecule has 2 aromatic heterocycles. The van der Waals surface area contributed by atoms with Crippen molar-refractivity contribution in [2.45, 2.75) is 19.9 Å². The maximum atomic E-state index is 4.93. The summed E-state index contributed by atoms with van der Waals surface area (Å²) in [5, 5.41) is 4.36. The highest BCUT2D eigenvalue weighted by Gasteiger charge is 2.09. The third-order valence-electron chi connectivity index (χ3n) is 4.26. The number of thiophene rings is 1. The van der Waals surface area contributed by atoms with Gasteiger partial charge in [-0.1, -0.05) is 48.5 Å². The molecule has 2 heterocycles. The number of rotatable bonds is 5. The summed E-state index contributed by atoms with van der Waals surface area (Å²) in [6.45, 7) is 3.03. The van der Waals surface area contributed by atoms with Crippen LogP contribution in [0.5, 0.6) is 0 Å². The molecule has 0 bridgehead atoms. The molecule has 0 amide bonds. The van der Waals surface area contributed by atoms with Crippen molar-refractivity contribution in [2.75, 3.05) is 0 Å². The van der Waals surface area contributed by atoms with Crippen LogP contribution in [0.3, 0.4) is 0 Å². The molecule has 2 nitrogen and oxygen atoms in total. The number of aryl methyl sites for hydroxylation is 2. The Morgan fingerprint density at radius 1 is 0.923 bits per heavy atom. The predicted octanol–water partition coefficient (Wildman–Crippen LogP) is 6.06. The van der Waals surface area contributed by atoms with Crippen molar-refractivity contribution in [2.24, 2.45) is 4.99 Å². The topological polar surface area (TPSA) is 17.3 Å². The SMILES string of the molecule is Cc1cccc(N=c2scc(-c3cccs3)n2CCc2ccccc2)c1. The monoisotopic (exact) mass is 376 g/mol. The van der Waals surface area contributed by atoms with Crippen LogP contribution in [-0.4, -0.2) is 4.57 Å². The van der Waals surface area contributed by atoms with E-state index in [2.05, 4.69) is 89.0 Å². The maximum Gasteiger partial charge on any atom is 0.190 e. The highest BCUT2D eigenvalue weighted by molar-refractivity contribution is 7.14. The Kier molecular flexibility index (Phi) is 5.14. The standard InChI is InChI=1S/C22H20N2S2/c1-17-7-5-10-19(15-17)23-22-24(13-12-18-8-3-2-4-9-18)20(16-26-22)21-11-6-14-25-21/h2-11,14-16H,12-13H2,1H3. The molecule has 0 aliphatic rings. The van der Waals surface area contributed by atoms with Gasteiger partial charge in [0.25, 0.3) is 0 Å². The number of hydrogen-bond acceptors (Lipinski definition) is 3. The van der Waals surface area contributed by atoms with Gasteiger partial charge < -0.3 is 4.57 Å². The molecule has 0 saturated carbocycles. The molecule has 26 heavy (non-hydrogen) atoms. The zero-order valence-corrected chi connectivity index (χ0v) is 16.3. The van der Waals surface area contributed by atoms with Gasteiger partial charge in [-0.25, -0.2) is 4.99 Å². The van der Waals surface area contributed by atoms with E-state index in [4.69, 9.17) is 4.99 Å². The number of hydrogen-bond donors (Lipinski definition) is 0. The van der Waals surface area contributed by atoms with Crippen LogP contribution >= 0.6 is 22.7 Å². The van der Waals surface area contributed by atoms with Gasteiger partial charge in [0.15, 0.2) is 4.80 Å². The summed E-state index contributed by atoms with van der Waals surface area (Å²) in [5.41, 5.74) is 4.85. The lowest BCUT2D eigenvalue weighted by Crippen LogP contribution is -2.17. The van der Waals surface area contributed by atoms with Gasteiger partial charge in [-0.2, -0.15) is 0 Å². The third-order valence-corrected chi connectivity index (χ3v) is 6.02. The van der Waals surface area contributed by atoms with Crippen LogP contribution in [0.2, 0.25) is 0 Å². The minimum atomic E-state index is 0.922. The van der Waals surface area contributed by atoms with Crippen LogP contribution < -0.4 is 4.80 Å². The molecule has 0 aliphatic carbocycles. The zero-order valence-electron chi connectivity index (χ0n) is 14.6. The fourth-order valence-corrected chi connectivity index (χ4v) is 4.72. The lowest BCUT2D eigenvalue weighted by Gasteiger charge is -2.08. The van der Waals surface area contributed by atoms with E-state index >= 15 is 0 Å². The molecular weight excluding hydrogens is 356 g/mol. The maximum absolute atomic E-state index is 4.93. The predicted molar refractivity (Wildman–Crippen MR) is 112 cm³/mol. The van der Waals surface area contributed by atoms with E-state index in [1.807, 2.05) is 0 Å². The normalized spacial score (nSPS) is 11.8. The van der Waals surface area contributed by atoms with Crippen LogP contribution in [0, 0.1) is 6.92 Å². The van der Waals surface area contributed by atoms with Gasteiger partial charge in [-0.3, -0.25) is 0 Å². The van der Waals surface area contributed by atoms with E-state index in [1.165, 1.54) is 21.7 Å². The second-order valence-corrected chi connectivity index (χ2v) is 8.00. The van der Waals surface area contributed by atoms with Crippen LogP contribution in [0.25, 0.3) is 10.6 Å². The van der Waals surface area contributed by atoms with Gasteiger partial charge in [0.05, 0.1) is 16.3 Å². The Bertz CT molecular complexity index is 1040. The van der Waals surface area contributed by atoms with E-state index in [0.717, 1.165) is 23.5 Å². The largest absolute Gasteiger partial charge is 0.315 e. The quantitative estimate of drug-likeness (QED) is 0.403. The minimum absolute atomic E-state index is 0.922. The van der Waals surface area contributed by atoms with Crippen molar-refractivity contribution >= 4 is 28.4 Å². The molecular formula is C22H20N2S2. The third kappa shape index (κ3) is 3.87. The molecule has 0 unspecified atom stereocenters. The van der Waals surface area contributed by atoms with Crippen molar-refractivity contribution in [3.8, 4) is 10.6 Å². The van der Waals surface area contributed by atoms with Crippen molar-refractivity contribution in [3.63, 3.8) is 0 Å². The summed E-state index contributed by atoms with van der Waals surface area (Å²) in [5.74, 6) is 0. The molecule has 0 radical (unpaired) electrons. The Morgan fingerprint density at radius 2 is 1.81 bits per heavy atom. The molecule has 0 N–H and O–H groups in total. The molecule has 4 aromatic rings. The number of aromatic nitrogens is 1. The van der Waals surface area contributed by atoms with Gasteiger partial charge in [0, 0.05) is 11.9 Å². The van der Waals surface area contributed by atoms with Crippen LogP contribution in [0.1, 0.15) is 11.1 Å². The molecule has 4 rings (SSSR count). The fraction of sp³-hybridized carbons (Fsp3) is 0.136. The summed E-state index contributed by atoms with van der Waals surface area (Å²) in [7, 11) is 0. The molecule has 0 saturated heterocycles. The highest BCUT2D eigenvalue weighted by Crippen LogP contribution is 2.26. The van der Waals surface area contributed by atoms with Gasteiger partial charge in [-0.05, 0) is 48.1 Å². The van der Waals surface area contributed by atoms with Gasteiger partial charge in [0.1, 0.15) is 0 Å². The molecule has 2 aromatic carbocycles. The van der Waals surface area contributed by atoms with Crippen molar-refractivity contribution in [1.82, 2.24) is 4.57 Å². The first-order chi connectivity index (χ1) is 12.8. The van der Waals surface area contributed by atoms with Gasteiger partial charge >= 0.3 is 0 Å². The molecule has 0 fully saturated rings. The summed E-state index contributed by atoms with van der Waals surface area (Å²) in [6, 6.07) is 23.3. The molecule has 0 atom stereocenters. The highest BCUT2D eigenvalue weighted by atomic mass is 32.1. The first-order valence-corrected chi connectivity index (χ1v) is 10.4. The summed E-state index contributed by atoms with van der Waals surface area (Å²) in [4.78, 5) is 7.27. The number of thiazole rings is 1. The van der Waals surface area contributed by atoms with E-state index in [9.17, 15) is 0 Å².